The lowest BCUT2D eigenvalue weighted by Gasteiger charge is -2.43. The first kappa shape index (κ1) is 15.8. The van der Waals surface area contributed by atoms with Gasteiger partial charge in [0.25, 0.3) is 0 Å². The lowest BCUT2D eigenvalue weighted by Crippen LogP contribution is -2.57. The van der Waals surface area contributed by atoms with Crippen molar-refractivity contribution in [2.24, 2.45) is 0 Å². The van der Waals surface area contributed by atoms with Crippen LogP contribution in [0.4, 0.5) is 4.79 Å². The molecule has 0 spiro atoms. The summed E-state index contributed by atoms with van der Waals surface area (Å²) in [6, 6.07) is 0. The maximum Gasteiger partial charge on any atom is 0.408 e. The van der Waals surface area contributed by atoms with Gasteiger partial charge < -0.3 is 19.9 Å². The van der Waals surface area contributed by atoms with Gasteiger partial charge >= 0.3 is 12.1 Å². The van der Waals surface area contributed by atoms with E-state index in [-0.39, 0.29) is 6.42 Å². The Kier molecular flexibility index (Phi) is 4.79. The Hall–Kier alpha value is -1.30. The molecule has 110 valence electrons. The van der Waals surface area contributed by atoms with E-state index in [1.54, 1.807) is 20.8 Å². The molecule has 0 heterocycles. The Morgan fingerprint density at radius 2 is 1.95 bits per heavy atom. The summed E-state index contributed by atoms with van der Waals surface area (Å²) in [5.74, 6) is -1.01. The molecular formula is C13H23NO5. The molecule has 1 unspecified atom stereocenters. The third-order valence-electron chi connectivity index (χ3n) is 3.21. The average Bonchev–Trinajstić information content (AvgIpc) is 2.18. The van der Waals surface area contributed by atoms with Crippen molar-refractivity contribution in [1.82, 2.24) is 5.32 Å². The number of hydrogen-bond acceptors (Lipinski definition) is 4. The number of carboxylic acids is 1. The maximum absolute atomic E-state index is 11.8. The highest BCUT2D eigenvalue weighted by molar-refractivity contribution is 5.73. The van der Waals surface area contributed by atoms with E-state index in [1.165, 1.54) is 7.11 Å². The fraction of sp³-hybridized carbons (Fsp3) is 0.846. The first-order valence-electron chi connectivity index (χ1n) is 6.44. The minimum absolute atomic E-state index is 0.262. The molecule has 1 aliphatic rings. The third-order valence-corrected chi connectivity index (χ3v) is 3.21. The van der Waals surface area contributed by atoms with E-state index in [1.807, 2.05) is 0 Å². The smallest absolute Gasteiger partial charge is 0.408 e. The number of amides is 1. The van der Waals surface area contributed by atoms with Gasteiger partial charge in [0.2, 0.25) is 0 Å². The normalized spacial score (nSPS) is 19.2. The van der Waals surface area contributed by atoms with Crippen molar-refractivity contribution in [3.05, 3.63) is 0 Å². The first-order valence-corrected chi connectivity index (χ1v) is 6.44. The van der Waals surface area contributed by atoms with Crippen molar-refractivity contribution in [2.75, 3.05) is 7.11 Å². The van der Waals surface area contributed by atoms with Crippen LogP contribution in [0.15, 0.2) is 0 Å². The molecule has 6 heteroatoms. The summed E-state index contributed by atoms with van der Waals surface area (Å²) in [6.07, 6.45) is 1.31. The van der Waals surface area contributed by atoms with Crippen molar-refractivity contribution in [2.45, 2.75) is 63.7 Å². The number of carbonyl (C=O) groups is 2. The van der Waals surface area contributed by atoms with Crippen molar-refractivity contribution < 1.29 is 24.2 Å². The number of nitrogens with one attached hydrogen (secondary N) is 1. The molecule has 1 fully saturated rings. The topological polar surface area (TPSA) is 84.9 Å². The number of hydrogen-bond donors (Lipinski definition) is 2. The zero-order valence-electron chi connectivity index (χ0n) is 12.0. The second-order valence-corrected chi connectivity index (χ2v) is 6.03. The predicted octanol–water partition coefficient (Wildman–Crippen LogP) is 1.92. The van der Waals surface area contributed by atoms with Gasteiger partial charge in [0.15, 0.2) is 6.10 Å². The summed E-state index contributed by atoms with van der Waals surface area (Å²) < 4.78 is 10.1. The second kappa shape index (κ2) is 5.77. The first-order chi connectivity index (χ1) is 8.67. The van der Waals surface area contributed by atoms with Gasteiger partial charge in [-0.1, -0.05) is 0 Å². The van der Waals surface area contributed by atoms with E-state index in [4.69, 9.17) is 14.6 Å². The molecule has 0 aliphatic heterocycles. The zero-order valence-corrected chi connectivity index (χ0v) is 12.0. The molecule has 0 saturated heterocycles. The fourth-order valence-corrected chi connectivity index (χ4v) is 2.13. The SMILES string of the molecule is COC(CC1(NC(=O)OC(C)(C)C)CCC1)C(=O)O. The minimum Gasteiger partial charge on any atom is -0.479 e. The number of alkyl carbamates (subject to hydrolysis) is 1. The van der Waals surface area contributed by atoms with Gasteiger partial charge in [-0.3, -0.25) is 0 Å². The van der Waals surface area contributed by atoms with E-state index < -0.39 is 29.3 Å². The lowest BCUT2D eigenvalue weighted by molar-refractivity contribution is -0.150. The predicted molar refractivity (Wildman–Crippen MR) is 69.0 cm³/mol. The number of aliphatic carboxylic acids is 1. The standard InChI is InChI=1S/C13H23NO5/c1-12(2,3)19-11(17)14-13(6-5-7-13)8-9(18-4)10(15)16/h9H,5-8H2,1-4H3,(H,14,17)(H,15,16). The largest absolute Gasteiger partial charge is 0.479 e. The highest BCUT2D eigenvalue weighted by atomic mass is 16.6. The van der Waals surface area contributed by atoms with Crippen LogP contribution in [0.2, 0.25) is 0 Å². The highest BCUT2D eigenvalue weighted by Crippen LogP contribution is 2.36. The highest BCUT2D eigenvalue weighted by Gasteiger charge is 2.42. The summed E-state index contributed by atoms with van der Waals surface area (Å²) >= 11 is 0. The van der Waals surface area contributed by atoms with Crippen molar-refractivity contribution in [1.29, 1.82) is 0 Å². The van der Waals surface area contributed by atoms with Crippen LogP contribution in [0.1, 0.15) is 46.5 Å². The van der Waals surface area contributed by atoms with Crippen LogP contribution in [0, 0.1) is 0 Å². The summed E-state index contributed by atoms with van der Waals surface area (Å²) in [6.45, 7) is 5.36. The third kappa shape index (κ3) is 4.70. The fourth-order valence-electron chi connectivity index (χ4n) is 2.13. The van der Waals surface area contributed by atoms with E-state index in [0.717, 1.165) is 19.3 Å². The molecule has 0 aromatic carbocycles. The van der Waals surface area contributed by atoms with Crippen LogP contribution in [-0.2, 0) is 14.3 Å². The monoisotopic (exact) mass is 273 g/mol. The summed E-state index contributed by atoms with van der Waals surface area (Å²) in [7, 11) is 1.36. The molecule has 0 aromatic heterocycles. The van der Waals surface area contributed by atoms with E-state index >= 15 is 0 Å². The van der Waals surface area contributed by atoms with Gasteiger partial charge in [0.05, 0.1) is 0 Å². The molecular weight excluding hydrogens is 250 g/mol. The van der Waals surface area contributed by atoms with E-state index in [9.17, 15) is 9.59 Å². The zero-order chi connectivity index (χ0) is 14.7. The molecule has 0 radical (unpaired) electrons. The summed E-state index contributed by atoms with van der Waals surface area (Å²) in [4.78, 5) is 22.8. The Bertz CT molecular complexity index is 343. The van der Waals surface area contributed by atoms with Crippen LogP contribution < -0.4 is 5.32 Å². The quantitative estimate of drug-likeness (QED) is 0.799. The van der Waals surface area contributed by atoms with Crippen LogP contribution in [0.3, 0.4) is 0 Å². The molecule has 0 aromatic rings. The summed E-state index contributed by atoms with van der Waals surface area (Å²) in [5.41, 5.74) is -1.08. The molecule has 1 amide bonds. The summed E-state index contributed by atoms with van der Waals surface area (Å²) in [5, 5.41) is 11.8. The van der Waals surface area contributed by atoms with Crippen molar-refractivity contribution in [3.63, 3.8) is 0 Å². The van der Waals surface area contributed by atoms with Crippen LogP contribution in [0.5, 0.6) is 0 Å². The molecule has 1 aliphatic carbocycles. The minimum atomic E-state index is -1.01. The molecule has 19 heavy (non-hydrogen) atoms. The van der Waals surface area contributed by atoms with Crippen molar-refractivity contribution in [3.8, 4) is 0 Å². The second-order valence-electron chi connectivity index (χ2n) is 6.03. The van der Waals surface area contributed by atoms with E-state index in [0.29, 0.717) is 0 Å². The van der Waals surface area contributed by atoms with Crippen LogP contribution in [0.25, 0.3) is 0 Å². The van der Waals surface area contributed by atoms with E-state index in [2.05, 4.69) is 5.32 Å². The average molecular weight is 273 g/mol. The number of ether oxygens (including phenoxy) is 2. The molecule has 6 nitrogen and oxygen atoms in total. The molecule has 1 atom stereocenters. The van der Waals surface area contributed by atoms with Gasteiger partial charge in [-0.15, -0.1) is 0 Å². The molecule has 1 rings (SSSR count). The number of carboxylic acid groups (broad SMARTS) is 1. The van der Waals surface area contributed by atoms with Gasteiger partial charge in [-0.05, 0) is 40.0 Å². The van der Waals surface area contributed by atoms with Gasteiger partial charge in [0.1, 0.15) is 5.60 Å². The molecule has 0 bridgehead atoms. The Labute approximate surface area is 113 Å². The van der Waals surface area contributed by atoms with Crippen molar-refractivity contribution >= 4 is 12.1 Å². The Morgan fingerprint density at radius 3 is 2.26 bits per heavy atom. The van der Waals surface area contributed by atoms with Gasteiger partial charge in [-0.2, -0.15) is 0 Å². The maximum atomic E-state index is 11.8. The molecule has 1 saturated carbocycles. The number of rotatable bonds is 5. The van der Waals surface area contributed by atoms with Crippen LogP contribution >= 0.6 is 0 Å². The molecule has 2 N–H and O–H groups in total. The van der Waals surface area contributed by atoms with Gasteiger partial charge in [0, 0.05) is 19.1 Å². The number of carbonyl (C=O) groups excluding carboxylic acids is 1. The number of methoxy groups -OCH3 is 1. The Morgan fingerprint density at radius 1 is 1.37 bits per heavy atom. The van der Waals surface area contributed by atoms with Crippen LogP contribution in [-0.4, -0.2) is 41.5 Å². The lowest BCUT2D eigenvalue weighted by atomic mass is 9.73. The Balaban J connectivity index is 2.61. The van der Waals surface area contributed by atoms with Gasteiger partial charge in [-0.25, -0.2) is 9.59 Å².